The topological polar surface area (TPSA) is 116 Å². The molecule has 240 valence electrons. The second kappa shape index (κ2) is 18.3. The van der Waals surface area contributed by atoms with E-state index in [1.165, 1.54) is 38.5 Å². The molecular formula is C35H56N4O4. The zero-order valence-corrected chi connectivity index (χ0v) is 26.8. The van der Waals surface area contributed by atoms with Gasteiger partial charge in [-0.05, 0) is 55.4 Å². The van der Waals surface area contributed by atoms with Crippen LogP contribution in [0.2, 0.25) is 0 Å². The second-order valence-corrected chi connectivity index (χ2v) is 13.3. The first-order chi connectivity index (χ1) is 20.7. The van der Waals surface area contributed by atoms with Gasteiger partial charge in [-0.2, -0.15) is 0 Å². The molecule has 8 heteroatoms. The quantitative estimate of drug-likeness (QED) is 0.139. The van der Waals surface area contributed by atoms with E-state index in [0.717, 1.165) is 41.2 Å². The molecule has 0 bridgehead atoms. The molecule has 3 N–H and O–H groups in total. The molecule has 0 aliphatic heterocycles. The van der Waals surface area contributed by atoms with Crippen molar-refractivity contribution >= 4 is 23.9 Å². The number of imide groups is 1. The lowest BCUT2D eigenvalue weighted by Crippen LogP contribution is -2.58. The highest BCUT2D eigenvalue weighted by atomic mass is 16.5. The Kier molecular flexibility index (Phi) is 14.8. The van der Waals surface area contributed by atoms with Gasteiger partial charge in [0.2, 0.25) is 11.8 Å². The monoisotopic (exact) mass is 596 g/mol. The minimum Gasteiger partial charge on any atom is -0.320 e. The zero-order valence-electron chi connectivity index (χ0n) is 26.8. The van der Waals surface area contributed by atoms with Crippen LogP contribution in [0.1, 0.15) is 116 Å². The van der Waals surface area contributed by atoms with Gasteiger partial charge in [0.25, 0.3) is 5.91 Å². The maximum Gasteiger partial charge on any atom is 0.269 e. The molecule has 1 aromatic rings. The maximum atomic E-state index is 14.1. The van der Waals surface area contributed by atoms with Crippen LogP contribution in [-0.2, 0) is 20.8 Å². The van der Waals surface area contributed by atoms with Crippen molar-refractivity contribution in [3.63, 3.8) is 0 Å². The minimum absolute atomic E-state index is 0.0123. The second-order valence-electron chi connectivity index (χ2n) is 13.3. The van der Waals surface area contributed by atoms with Gasteiger partial charge in [-0.1, -0.05) is 109 Å². The highest BCUT2D eigenvalue weighted by Gasteiger charge is 2.40. The van der Waals surface area contributed by atoms with Crippen molar-refractivity contribution < 1.29 is 19.6 Å². The molecule has 2 fully saturated rings. The molecule has 2 aliphatic carbocycles. The summed E-state index contributed by atoms with van der Waals surface area (Å²) in [5.74, 6) is -0.718. The molecule has 43 heavy (non-hydrogen) atoms. The number of rotatable bonds is 15. The van der Waals surface area contributed by atoms with Crippen LogP contribution in [0.4, 0.5) is 0 Å². The lowest BCUT2D eigenvalue weighted by atomic mass is 9.84. The summed E-state index contributed by atoms with van der Waals surface area (Å²) >= 11 is 0. The van der Waals surface area contributed by atoms with Crippen LogP contribution in [0.5, 0.6) is 0 Å². The lowest BCUT2D eigenvalue weighted by molar-refractivity contribution is -0.181. The number of nitrogens with zero attached hydrogens (tertiary/aromatic N) is 3. The Labute approximate surface area is 259 Å². The standard InChI is InChI=1S/C35H56N4O4/c1-4-14-32(38(33(40)21-26(2)3)34(41)31(36)23-28-17-10-6-11-18-28)35(42)39(43)30(22-27-15-8-5-9-16-27)25-37-24-29-19-12-7-13-20-29/h6,10-11,17-18,25-27,29-32,43H,4-5,7-9,12-16,19-24,36H2,1-3H3/t30-,31-,32-/m0/s1. The van der Waals surface area contributed by atoms with Crippen LogP contribution < -0.4 is 5.73 Å². The molecule has 0 saturated heterocycles. The molecule has 0 heterocycles. The van der Waals surface area contributed by atoms with Crippen molar-refractivity contribution in [3.8, 4) is 0 Å². The van der Waals surface area contributed by atoms with Crippen molar-refractivity contribution in [1.82, 2.24) is 9.96 Å². The Bertz CT molecular complexity index is 1020. The van der Waals surface area contributed by atoms with Crippen LogP contribution in [0.25, 0.3) is 0 Å². The van der Waals surface area contributed by atoms with E-state index in [2.05, 4.69) is 0 Å². The van der Waals surface area contributed by atoms with E-state index in [-0.39, 0.29) is 25.2 Å². The van der Waals surface area contributed by atoms with Gasteiger partial charge < -0.3 is 5.73 Å². The average molecular weight is 597 g/mol. The van der Waals surface area contributed by atoms with Crippen molar-refractivity contribution in [3.05, 3.63) is 35.9 Å². The van der Waals surface area contributed by atoms with Gasteiger partial charge in [0.1, 0.15) is 6.04 Å². The number of hydrogen-bond donors (Lipinski definition) is 2. The van der Waals surface area contributed by atoms with Crippen LogP contribution in [0.3, 0.4) is 0 Å². The normalized spacial score (nSPS) is 18.8. The third-order valence-corrected chi connectivity index (χ3v) is 9.07. The molecular weight excluding hydrogens is 540 g/mol. The van der Waals surface area contributed by atoms with Gasteiger partial charge in [0.15, 0.2) is 0 Å². The van der Waals surface area contributed by atoms with E-state index in [4.69, 9.17) is 10.7 Å². The summed E-state index contributed by atoms with van der Waals surface area (Å²) in [5.41, 5.74) is 7.28. The van der Waals surface area contributed by atoms with E-state index in [1.54, 1.807) is 6.21 Å². The van der Waals surface area contributed by atoms with Crippen molar-refractivity contribution in [1.29, 1.82) is 0 Å². The maximum absolute atomic E-state index is 14.1. The Morgan fingerprint density at radius 1 is 0.953 bits per heavy atom. The molecule has 0 spiro atoms. The molecule has 3 rings (SSSR count). The van der Waals surface area contributed by atoms with E-state index in [1.807, 2.05) is 51.1 Å². The lowest BCUT2D eigenvalue weighted by Gasteiger charge is -2.36. The first-order valence-corrected chi connectivity index (χ1v) is 16.9. The van der Waals surface area contributed by atoms with Gasteiger partial charge >= 0.3 is 0 Å². The number of benzene rings is 1. The number of nitrogens with two attached hydrogens (primary N) is 1. The molecule has 0 radical (unpaired) electrons. The molecule has 0 aromatic heterocycles. The summed E-state index contributed by atoms with van der Waals surface area (Å²) in [6, 6.07) is 6.70. The largest absolute Gasteiger partial charge is 0.320 e. The van der Waals surface area contributed by atoms with Crippen molar-refractivity contribution in [2.75, 3.05) is 6.54 Å². The van der Waals surface area contributed by atoms with Crippen LogP contribution in [0.15, 0.2) is 35.3 Å². The highest BCUT2D eigenvalue weighted by Crippen LogP contribution is 2.29. The smallest absolute Gasteiger partial charge is 0.269 e. The summed E-state index contributed by atoms with van der Waals surface area (Å²) in [6.45, 7) is 6.42. The van der Waals surface area contributed by atoms with Gasteiger partial charge in [-0.25, -0.2) is 5.06 Å². The number of amides is 3. The molecule has 3 amide bonds. The number of aliphatic imine (C=N–C) groups is 1. The van der Waals surface area contributed by atoms with Gasteiger partial charge in [0.05, 0.1) is 12.1 Å². The average Bonchev–Trinajstić information content (AvgIpc) is 3.00. The highest BCUT2D eigenvalue weighted by molar-refractivity contribution is 6.02. The van der Waals surface area contributed by atoms with Crippen LogP contribution in [-0.4, -0.2) is 63.8 Å². The SMILES string of the molecule is CCC[C@@H](C(=O)N(O)[C@H](C=NCC1CCCCC1)CC1CCCCC1)N(C(=O)CC(C)C)C(=O)[C@@H](N)Cc1ccccc1. The number of carbonyl (C=O) groups is 3. The van der Waals surface area contributed by atoms with Gasteiger partial charge in [0, 0.05) is 19.2 Å². The predicted molar refractivity (Wildman–Crippen MR) is 172 cm³/mol. The minimum atomic E-state index is -1.13. The van der Waals surface area contributed by atoms with Crippen LogP contribution in [0, 0.1) is 17.8 Å². The van der Waals surface area contributed by atoms with Crippen LogP contribution >= 0.6 is 0 Å². The number of hydroxylamine groups is 2. The Hall–Kier alpha value is -2.58. The number of hydrogen-bond acceptors (Lipinski definition) is 6. The molecule has 2 saturated carbocycles. The fraction of sp³-hybridized carbons (Fsp3) is 0.714. The van der Waals surface area contributed by atoms with Gasteiger partial charge in [-0.15, -0.1) is 0 Å². The first-order valence-electron chi connectivity index (χ1n) is 16.9. The van der Waals surface area contributed by atoms with E-state index in [0.29, 0.717) is 31.2 Å². The van der Waals surface area contributed by atoms with E-state index < -0.39 is 35.8 Å². The Balaban J connectivity index is 1.85. The zero-order chi connectivity index (χ0) is 31.2. The third kappa shape index (κ3) is 11.1. The van der Waals surface area contributed by atoms with E-state index in [9.17, 15) is 19.6 Å². The molecule has 1 aromatic carbocycles. The number of carbonyl (C=O) groups excluding carboxylic acids is 3. The van der Waals surface area contributed by atoms with E-state index >= 15 is 0 Å². The summed E-state index contributed by atoms with van der Waals surface area (Å²) in [4.78, 5) is 47.4. The fourth-order valence-corrected chi connectivity index (χ4v) is 6.67. The molecule has 0 unspecified atom stereocenters. The molecule has 3 atom stereocenters. The summed E-state index contributed by atoms with van der Waals surface area (Å²) in [6.07, 6.45) is 15.3. The fourth-order valence-electron chi connectivity index (χ4n) is 6.67. The van der Waals surface area contributed by atoms with Crippen molar-refractivity contribution in [2.45, 2.75) is 135 Å². The van der Waals surface area contributed by atoms with Crippen molar-refractivity contribution in [2.24, 2.45) is 28.5 Å². The Morgan fingerprint density at radius 2 is 1.56 bits per heavy atom. The summed E-state index contributed by atoms with van der Waals surface area (Å²) in [7, 11) is 0. The van der Waals surface area contributed by atoms with Gasteiger partial charge in [-0.3, -0.25) is 29.5 Å². The summed E-state index contributed by atoms with van der Waals surface area (Å²) in [5, 5.41) is 12.3. The Morgan fingerprint density at radius 3 is 2.14 bits per heavy atom. The third-order valence-electron chi connectivity index (χ3n) is 9.07. The molecule has 8 nitrogen and oxygen atoms in total. The predicted octanol–water partition coefficient (Wildman–Crippen LogP) is 6.33. The summed E-state index contributed by atoms with van der Waals surface area (Å²) < 4.78 is 0. The molecule has 2 aliphatic rings. The first kappa shape index (κ1) is 34.9.